The fourth-order valence-electron chi connectivity index (χ4n) is 2.74. The van der Waals surface area contributed by atoms with Crippen LogP contribution in [0.2, 0.25) is 0 Å². The molecule has 1 aliphatic carbocycles. The van der Waals surface area contributed by atoms with Crippen LogP contribution in [-0.4, -0.2) is 30.2 Å². The number of thiazole rings is 1. The number of fused-ring (bicyclic) bond motifs is 1. The molecule has 0 spiro atoms. The number of halogens is 1. The van der Waals surface area contributed by atoms with E-state index < -0.39 is 10.0 Å². The van der Waals surface area contributed by atoms with E-state index in [0.29, 0.717) is 24.6 Å². The summed E-state index contributed by atoms with van der Waals surface area (Å²) in [6.07, 6.45) is 2.44. The van der Waals surface area contributed by atoms with Gasteiger partial charge in [0.15, 0.2) is 5.13 Å². The summed E-state index contributed by atoms with van der Waals surface area (Å²) in [5, 5.41) is 3.42. The average molecular weight is 442 g/mol. The lowest BCUT2D eigenvalue weighted by atomic mass is 10.2. The molecular weight excluding hydrogens is 426 g/mol. The maximum absolute atomic E-state index is 12.8. The Morgan fingerprint density at radius 1 is 1.28 bits per heavy atom. The van der Waals surface area contributed by atoms with Crippen molar-refractivity contribution in [2.75, 3.05) is 11.9 Å². The van der Waals surface area contributed by atoms with Crippen LogP contribution in [0.25, 0.3) is 0 Å². The number of hydrogen-bond donors (Lipinski definition) is 1. The van der Waals surface area contributed by atoms with Gasteiger partial charge < -0.3 is 5.32 Å². The molecule has 1 aromatic heterocycles. The van der Waals surface area contributed by atoms with E-state index in [1.807, 2.05) is 0 Å². The van der Waals surface area contributed by atoms with Gasteiger partial charge in [-0.05, 0) is 37.1 Å². The van der Waals surface area contributed by atoms with Crippen LogP contribution in [-0.2, 0) is 27.8 Å². The van der Waals surface area contributed by atoms with Gasteiger partial charge >= 0.3 is 0 Å². The zero-order valence-corrected chi connectivity index (χ0v) is 16.5. The maximum atomic E-state index is 12.8. The predicted octanol–water partition coefficient (Wildman–Crippen LogP) is 3.00. The van der Waals surface area contributed by atoms with Crippen LogP contribution in [0, 0.1) is 5.92 Å². The Morgan fingerprint density at radius 2 is 2.00 bits per heavy atom. The number of aromatic nitrogens is 1. The lowest BCUT2D eigenvalue weighted by Gasteiger charge is -2.25. The van der Waals surface area contributed by atoms with Gasteiger partial charge in [-0.25, -0.2) is 13.4 Å². The zero-order chi connectivity index (χ0) is 17.6. The Kier molecular flexibility index (Phi) is 4.43. The van der Waals surface area contributed by atoms with Gasteiger partial charge in [-0.15, -0.1) is 11.3 Å². The molecule has 0 radical (unpaired) electrons. The van der Waals surface area contributed by atoms with Gasteiger partial charge in [-0.1, -0.05) is 15.9 Å². The van der Waals surface area contributed by atoms with Crippen molar-refractivity contribution in [3.63, 3.8) is 0 Å². The molecule has 132 valence electrons. The average Bonchev–Trinajstić information content (AvgIpc) is 3.35. The molecule has 2 aromatic rings. The number of hydrogen-bond acceptors (Lipinski definition) is 5. The Morgan fingerprint density at radius 3 is 2.68 bits per heavy atom. The molecule has 1 aromatic carbocycles. The molecule has 2 heterocycles. The minimum atomic E-state index is -3.53. The second-order valence-corrected chi connectivity index (χ2v) is 10.1. The molecule has 9 heteroatoms. The second-order valence-electron chi connectivity index (χ2n) is 6.19. The number of anilines is 1. The number of amides is 1. The quantitative estimate of drug-likeness (QED) is 0.790. The summed E-state index contributed by atoms with van der Waals surface area (Å²) in [5.41, 5.74) is 0.887. The first-order valence-corrected chi connectivity index (χ1v) is 11.0. The molecule has 4 rings (SSSR count). The zero-order valence-electron chi connectivity index (χ0n) is 13.2. The van der Waals surface area contributed by atoms with Crippen molar-refractivity contribution in [3.8, 4) is 0 Å². The molecule has 1 aliphatic heterocycles. The van der Waals surface area contributed by atoms with E-state index in [4.69, 9.17) is 0 Å². The minimum absolute atomic E-state index is 0.0189. The molecule has 0 atom stereocenters. The van der Waals surface area contributed by atoms with Gasteiger partial charge in [0.05, 0.1) is 17.1 Å². The van der Waals surface area contributed by atoms with Gasteiger partial charge in [0.2, 0.25) is 15.9 Å². The number of carbonyl (C=O) groups excluding carboxylic acids is 1. The van der Waals surface area contributed by atoms with Crippen molar-refractivity contribution in [2.45, 2.75) is 30.7 Å². The van der Waals surface area contributed by atoms with Crippen molar-refractivity contribution in [1.29, 1.82) is 0 Å². The van der Waals surface area contributed by atoms with Crippen LogP contribution in [0.1, 0.15) is 23.4 Å². The van der Waals surface area contributed by atoms with E-state index in [0.717, 1.165) is 27.9 Å². The van der Waals surface area contributed by atoms with Gasteiger partial charge in [-0.2, -0.15) is 4.31 Å². The van der Waals surface area contributed by atoms with E-state index >= 15 is 0 Å². The highest BCUT2D eigenvalue weighted by Crippen LogP contribution is 2.34. The molecule has 1 N–H and O–H groups in total. The second kappa shape index (κ2) is 6.46. The van der Waals surface area contributed by atoms with Crippen LogP contribution < -0.4 is 5.32 Å². The predicted molar refractivity (Wildman–Crippen MR) is 98.9 cm³/mol. The van der Waals surface area contributed by atoms with Crippen LogP contribution in [0.5, 0.6) is 0 Å². The fourth-order valence-corrected chi connectivity index (χ4v) is 5.52. The van der Waals surface area contributed by atoms with Crippen molar-refractivity contribution in [2.24, 2.45) is 5.92 Å². The van der Waals surface area contributed by atoms with Gasteiger partial charge in [0.1, 0.15) is 0 Å². The molecule has 0 bridgehead atoms. The van der Waals surface area contributed by atoms with E-state index in [1.54, 1.807) is 24.3 Å². The van der Waals surface area contributed by atoms with Crippen LogP contribution in [0.15, 0.2) is 33.6 Å². The number of nitrogens with zero attached hydrogens (tertiary/aromatic N) is 2. The normalized spacial score (nSPS) is 18.0. The van der Waals surface area contributed by atoms with Crippen LogP contribution in [0.4, 0.5) is 5.13 Å². The molecular formula is C16H16BrN3O3S2. The molecule has 0 saturated heterocycles. The summed E-state index contributed by atoms with van der Waals surface area (Å²) in [4.78, 5) is 17.5. The summed E-state index contributed by atoms with van der Waals surface area (Å²) in [6, 6.07) is 6.65. The monoisotopic (exact) mass is 441 g/mol. The third-order valence-corrected chi connectivity index (χ3v) is 7.71. The van der Waals surface area contributed by atoms with Crippen LogP contribution in [0.3, 0.4) is 0 Å². The number of benzene rings is 1. The molecule has 1 fully saturated rings. The summed E-state index contributed by atoms with van der Waals surface area (Å²) < 4.78 is 27.9. The first kappa shape index (κ1) is 17.1. The third-order valence-electron chi connectivity index (χ3n) is 4.33. The maximum Gasteiger partial charge on any atom is 0.243 e. The third kappa shape index (κ3) is 3.51. The van der Waals surface area contributed by atoms with Crippen molar-refractivity contribution < 1.29 is 13.2 Å². The standard InChI is InChI=1S/C16H16BrN3O3S2/c17-11-3-5-12(6-4-11)25(22,23)20-8-7-13-14(9-20)24-16(18-13)19-15(21)10-1-2-10/h3-6,10H,1-2,7-9H2,(H,18,19,21). The fraction of sp³-hybridized carbons (Fsp3) is 0.375. The number of nitrogens with one attached hydrogen (secondary N) is 1. The summed E-state index contributed by atoms with van der Waals surface area (Å²) >= 11 is 4.69. The lowest BCUT2D eigenvalue weighted by Crippen LogP contribution is -2.35. The first-order chi connectivity index (χ1) is 11.9. The SMILES string of the molecule is O=C(Nc1nc2c(s1)CN(S(=O)(=O)c1ccc(Br)cc1)CC2)C1CC1. The lowest BCUT2D eigenvalue weighted by molar-refractivity contribution is -0.117. The van der Waals surface area contributed by atoms with Crippen molar-refractivity contribution in [3.05, 3.63) is 39.3 Å². The van der Waals surface area contributed by atoms with E-state index in [2.05, 4.69) is 26.2 Å². The van der Waals surface area contributed by atoms with Gasteiger partial charge in [0.25, 0.3) is 0 Å². The van der Waals surface area contributed by atoms with E-state index in [-0.39, 0.29) is 16.7 Å². The summed E-state index contributed by atoms with van der Waals surface area (Å²) in [7, 11) is -3.53. The highest BCUT2D eigenvalue weighted by molar-refractivity contribution is 9.10. The first-order valence-electron chi connectivity index (χ1n) is 7.98. The van der Waals surface area contributed by atoms with Crippen molar-refractivity contribution in [1.82, 2.24) is 9.29 Å². The summed E-state index contributed by atoms with van der Waals surface area (Å²) in [5.74, 6) is 0.139. The molecule has 2 aliphatic rings. The highest BCUT2D eigenvalue weighted by Gasteiger charge is 2.32. The number of carbonyl (C=O) groups is 1. The molecule has 6 nitrogen and oxygen atoms in total. The van der Waals surface area contributed by atoms with E-state index in [9.17, 15) is 13.2 Å². The highest BCUT2D eigenvalue weighted by atomic mass is 79.9. The Labute approximate surface area is 158 Å². The molecule has 1 amide bonds. The van der Waals surface area contributed by atoms with E-state index in [1.165, 1.54) is 15.6 Å². The Balaban J connectivity index is 1.53. The Bertz CT molecular complexity index is 921. The van der Waals surface area contributed by atoms with Gasteiger partial charge in [0, 0.05) is 28.2 Å². The van der Waals surface area contributed by atoms with Crippen LogP contribution >= 0.6 is 27.3 Å². The molecule has 25 heavy (non-hydrogen) atoms. The summed E-state index contributed by atoms with van der Waals surface area (Å²) in [6.45, 7) is 0.690. The molecule has 0 unspecified atom stereocenters. The topological polar surface area (TPSA) is 79.4 Å². The smallest absolute Gasteiger partial charge is 0.243 e. The largest absolute Gasteiger partial charge is 0.302 e. The molecule has 1 saturated carbocycles. The number of rotatable bonds is 4. The van der Waals surface area contributed by atoms with Crippen molar-refractivity contribution >= 4 is 48.3 Å². The Hall–Kier alpha value is -1.29. The number of sulfonamides is 1. The minimum Gasteiger partial charge on any atom is -0.302 e. The van der Waals surface area contributed by atoms with Gasteiger partial charge in [-0.3, -0.25) is 4.79 Å².